The van der Waals surface area contributed by atoms with Gasteiger partial charge in [0.15, 0.2) is 29.5 Å². The number of benzene rings is 1. The Morgan fingerprint density at radius 3 is 2.21 bits per heavy atom. The molecule has 0 atom stereocenters. The zero-order valence-corrected chi connectivity index (χ0v) is 8.49. The van der Waals surface area contributed by atoms with Gasteiger partial charge in [0, 0.05) is 0 Å². The largest absolute Gasteiger partial charge is 0.493 e. The maximum absolute atomic E-state index is 13.2. The van der Waals surface area contributed by atoms with E-state index in [-0.39, 0.29) is 6.29 Å². The number of carbonyl (C=O) groups is 1. The van der Waals surface area contributed by atoms with Crippen molar-refractivity contribution in [3.05, 3.63) is 27.5 Å². The molecule has 0 N–H and O–H groups in total. The molecule has 1 aromatic rings. The van der Waals surface area contributed by atoms with Crippen molar-refractivity contribution in [2.24, 2.45) is 0 Å². The zero-order chi connectivity index (χ0) is 10.9. The quantitative estimate of drug-likeness (QED) is 0.468. The fourth-order valence-electron chi connectivity index (χ4n) is 0.933. The summed E-state index contributed by atoms with van der Waals surface area (Å²) in [5.74, 6) is -4.66. The molecule has 0 amide bonds. The lowest BCUT2D eigenvalue weighted by atomic mass is 10.2. The molecule has 1 aromatic carbocycles. The molecule has 0 bridgehead atoms. The Kier molecular flexibility index (Phi) is 3.15. The molecular weight excluding hydrogens is 265 g/mol. The molecule has 2 nitrogen and oxygen atoms in total. The highest BCUT2D eigenvalue weighted by Gasteiger charge is 2.23. The van der Waals surface area contributed by atoms with E-state index in [1.54, 1.807) is 0 Å². The van der Waals surface area contributed by atoms with Crippen LogP contribution in [0.5, 0.6) is 5.75 Å². The average molecular weight is 269 g/mol. The van der Waals surface area contributed by atoms with E-state index in [9.17, 15) is 18.0 Å². The summed E-state index contributed by atoms with van der Waals surface area (Å²) in [5, 5.41) is 0. The lowest BCUT2D eigenvalue weighted by molar-refractivity contribution is 0.111. The maximum Gasteiger partial charge on any atom is 0.183 e. The lowest BCUT2D eigenvalue weighted by Crippen LogP contribution is -2.03. The van der Waals surface area contributed by atoms with Crippen LogP contribution in [0.2, 0.25) is 0 Å². The van der Waals surface area contributed by atoms with Crippen LogP contribution in [0.15, 0.2) is 4.47 Å². The molecule has 0 radical (unpaired) electrons. The van der Waals surface area contributed by atoms with Crippen LogP contribution in [0.3, 0.4) is 0 Å². The summed E-state index contributed by atoms with van der Waals surface area (Å²) in [6, 6.07) is 0. The molecular formula is C8H4BrF3O2. The van der Waals surface area contributed by atoms with Crippen molar-refractivity contribution in [2.75, 3.05) is 7.11 Å². The summed E-state index contributed by atoms with van der Waals surface area (Å²) < 4.78 is 42.8. The molecule has 6 heteroatoms. The predicted molar refractivity (Wildman–Crippen MR) is 46.0 cm³/mol. The molecule has 0 aliphatic heterocycles. The highest BCUT2D eigenvalue weighted by Crippen LogP contribution is 2.33. The summed E-state index contributed by atoms with van der Waals surface area (Å²) >= 11 is 2.50. The fourth-order valence-corrected chi connectivity index (χ4v) is 1.29. The number of hydrogen-bond donors (Lipinski definition) is 0. The summed E-state index contributed by atoms with van der Waals surface area (Å²) in [7, 11) is 1.05. The van der Waals surface area contributed by atoms with Gasteiger partial charge >= 0.3 is 0 Å². The van der Waals surface area contributed by atoms with Gasteiger partial charge in [0.25, 0.3) is 0 Å². The molecule has 14 heavy (non-hydrogen) atoms. The van der Waals surface area contributed by atoms with E-state index in [1.807, 2.05) is 0 Å². The maximum atomic E-state index is 13.2. The minimum atomic E-state index is -1.45. The molecule has 0 heterocycles. The normalized spacial score (nSPS) is 10.1. The first kappa shape index (κ1) is 11.0. The third kappa shape index (κ3) is 1.50. The lowest BCUT2D eigenvalue weighted by Gasteiger charge is -2.08. The molecule has 0 saturated carbocycles. The standard InChI is InChI=1S/C8H4BrF3O2/c1-14-8-3(2-13)5(10)6(11)4(9)7(8)12/h2H,1H3. The Labute approximate surface area is 85.8 Å². The Hall–Kier alpha value is -1.04. The number of halogens is 4. The highest BCUT2D eigenvalue weighted by molar-refractivity contribution is 9.10. The molecule has 0 aliphatic rings. The molecule has 0 spiro atoms. The van der Waals surface area contributed by atoms with Crippen LogP contribution in [0, 0.1) is 17.5 Å². The van der Waals surface area contributed by atoms with Gasteiger partial charge in [-0.2, -0.15) is 0 Å². The Balaban J connectivity index is 3.65. The van der Waals surface area contributed by atoms with Gasteiger partial charge in [-0.1, -0.05) is 0 Å². The van der Waals surface area contributed by atoms with Gasteiger partial charge < -0.3 is 4.74 Å². The van der Waals surface area contributed by atoms with Crippen LogP contribution < -0.4 is 4.74 Å². The van der Waals surface area contributed by atoms with Gasteiger partial charge in [-0.05, 0) is 15.9 Å². The predicted octanol–water partition coefficient (Wildman–Crippen LogP) is 2.69. The topological polar surface area (TPSA) is 26.3 Å². The zero-order valence-electron chi connectivity index (χ0n) is 6.91. The van der Waals surface area contributed by atoms with Crippen molar-refractivity contribution >= 4 is 22.2 Å². The van der Waals surface area contributed by atoms with Crippen LogP contribution in [-0.4, -0.2) is 13.4 Å². The molecule has 0 aromatic heterocycles. The van der Waals surface area contributed by atoms with Crippen molar-refractivity contribution in [1.29, 1.82) is 0 Å². The second-order valence-corrected chi connectivity index (χ2v) is 3.11. The van der Waals surface area contributed by atoms with Crippen molar-refractivity contribution < 1.29 is 22.7 Å². The summed E-state index contributed by atoms with van der Waals surface area (Å²) in [6.07, 6.45) is -0.00718. The van der Waals surface area contributed by atoms with E-state index in [2.05, 4.69) is 20.7 Å². The van der Waals surface area contributed by atoms with Crippen LogP contribution in [0.25, 0.3) is 0 Å². The minimum absolute atomic E-state index is 0.00718. The molecule has 0 fully saturated rings. The van der Waals surface area contributed by atoms with Crippen LogP contribution in [0.4, 0.5) is 13.2 Å². The average Bonchev–Trinajstić information content (AvgIpc) is 2.20. The van der Waals surface area contributed by atoms with E-state index >= 15 is 0 Å². The van der Waals surface area contributed by atoms with Gasteiger partial charge in [0.05, 0.1) is 17.1 Å². The SMILES string of the molecule is COc1c(F)c(Br)c(F)c(F)c1C=O. The Morgan fingerprint density at radius 2 is 1.79 bits per heavy atom. The second kappa shape index (κ2) is 4.00. The number of hydrogen-bond acceptors (Lipinski definition) is 2. The van der Waals surface area contributed by atoms with Crippen molar-refractivity contribution in [2.45, 2.75) is 0 Å². The summed E-state index contributed by atoms with van der Waals surface area (Å²) in [5.41, 5.74) is -0.772. The monoisotopic (exact) mass is 268 g/mol. The van der Waals surface area contributed by atoms with E-state index in [0.29, 0.717) is 0 Å². The van der Waals surface area contributed by atoms with Gasteiger partial charge in [-0.3, -0.25) is 4.79 Å². The van der Waals surface area contributed by atoms with E-state index in [1.165, 1.54) is 0 Å². The first-order valence-electron chi connectivity index (χ1n) is 3.39. The van der Waals surface area contributed by atoms with Crippen LogP contribution in [0.1, 0.15) is 10.4 Å². The third-order valence-corrected chi connectivity index (χ3v) is 2.28. The van der Waals surface area contributed by atoms with E-state index < -0.39 is 33.2 Å². The third-order valence-electron chi connectivity index (χ3n) is 1.58. The molecule has 76 valence electrons. The number of carbonyl (C=O) groups excluding carboxylic acids is 1. The second-order valence-electron chi connectivity index (χ2n) is 2.32. The smallest absolute Gasteiger partial charge is 0.183 e. The van der Waals surface area contributed by atoms with Crippen LogP contribution in [-0.2, 0) is 0 Å². The number of rotatable bonds is 2. The Bertz CT molecular complexity index is 393. The fraction of sp³-hybridized carbons (Fsp3) is 0.125. The van der Waals surface area contributed by atoms with Gasteiger partial charge in [-0.25, -0.2) is 13.2 Å². The summed E-state index contributed by atoms with van der Waals surface area (Å²) in [4.78, 5) is 10.4. The number of ether oxygens (including phenoxy) is 1. The highest BCUT2D eigenvalue weighted by atomic mass is 79.9. The molecule has 1 rings (SSSR count). The first-order valence-corrected chi connectivity index (χ1v) is 4.19. The van der Waals surface area contributed by atoms with Crippen molar-refractivity contribution in [1.82, 2.24) is 0 Å². The number of aldehydes is 1. The van der Waals surface area contributed by atoms with E-state index in [4.69, 9.17) is 0 Å². The molecule has 0 unspecified atom stereocenters. The number of methoxy groups -OCH3 is 1. The van der Waals surface area contributed by atoms with E-state index in [0.717, 1.165) is 7.11 Å². The Morgan fingerprint density at radius 1 is 1.21 bits per heavy atom. The van der Waals surface area contributed by atoms with Gasteiger partial charge in [-0.15, -0.1) is 0 Å². The van der Waals surface area contributed by atoms with Gasteiger partial charge in [0.1, 0.15) is 0 Å². The molecule has 0 saturated heterocycles. The summed E-state index contributed by atoms with van der Waals surface area (Å²) in [6.45, 7) is 0. The van der Waals surface area contributed by atoms with Crippen LogP contribution >= 0.6 is 15.9 Å². The minimum Gasteiger partial charge on any atom is -0.493 e. The molecule has 0 aliphatic carbocycles. The van der Waals surface area contributed by atoms with Crippen molar-refractivity contribution in [3.8, 4) is 5.75 Å². The first-order chi connectivity index (χ1) is 6.54. The van der Waals surface area contributed by atoms with Gasteiger partial charge in [0.2, 0.25) is 0 Å². The van der Waals surface area contributed by atoms with Crippen molar-refractivity contribution in [3.63, 3.8) is 0 Å².